The number of ether oxygens (including phenoxy) is 1. The molecule has 0 fully saturated rings. The lowest BCUT2D eigenvalue weighted by Crippen LogP contribution is -2.30. The Morgan fingerprint density at radius 3 is 2.80 bits per heavy atom. The molecular weight excluding hydrogens is 314 g/mol. The van der Waals surface area contributed by atoms with Gasteiger partial charge in [0.15, 0.2) is 0 Å². The van der Waals surface area contributed by atoms with Gasteiger partial charge in [-0.05, 0) is 48.7 Å². The van der Waals surface area contributed by atoms with E-state index in [-0.39, 0.29) is 6.03 Å². The highest BCUT2D eigenvalue weighted by Gasteiger charge is 2.08. The van der Waals surface area contributed by atoms with Crippen molar-refractivity contribution in [3.05, 3.63) is 65.9 Å². The zero-order chi connectivity index (χ0) is 17.6. The number of benzene rings is 2. The molecule has 0 aliphatic carbocycles. The van der Waals surface area contributed by atoms with E-state index in [2.05, 4.69) is 15.6 Å². The number of aryl methyl sites for hydroxylation is 1. The molecule has 0 spiro atoms. The van der Waals surface area contributed by atoms with E-state index < -0.39 is 0 Å². The van der Waals surface area contributed by atoms with Crippen LogP contribution in [0.3, 0.4) is 0 Å². The molecule has 5 nitrogen and oxygen atoms in total. The average molecular weight is 335 g/mol. The molecule has 3 aromatic rings. The van der Waals surface area contributed by atoms with Crippen LogP contribution in [0.2, 0.25) is 0 Å². The first kappa shape index (κ1) is 16.8. The Hall–Kier alpha value is -3.08. The van der Waals surface area contributed by atoms with Crippen molar-refractivity contribution in [3.8, 4) is 5.75 Å². The third kappa shape index (κ3) is 3.88. The summed E-state index contributed by atoms with van der Waals surface area (Å²) in [6.45, 7) is 2.53. The van der Waals surface area contributed by atoms with Gasteiger partial charge >= 0.3 is 6.03 Å². The summed E-state index contributed by atoms with van der Waals surface area (Å²) in [4.78, 5) is 16.6. The fraction of sp³-hybridized carbons (Fsp3) is 0.200. The highest BCUT2D eigenvalue weighted by Crippen LogP contribution is 2.24. The number of anilines is 1. The Morgan fingerprint density at radius 2 is 1.96 bits per heavy atom. The number of methoxy groups -OCH3 is 1. The number of carbonyl (C=O) groups is 1. The maximum Gasteiger partial charge on any atom is 0.319 e. The van der Waals surface area contributed by atoms with Crippen molar-refractivity contribution in [1.82, 2.24) is 10.3 Å². The van der Waals surface area contributed by atoms with Gasteiger partial charge in [0.1, 0.15) is 5.75 Å². The molecular formula is C20H21N3O2. The minimum Gasteiger partial charge on any atom is -0.496 e. The Morgan fingerprint density at radius 1 is 1.12 bits per heavy atom. The summed E-state index contributed by atoms with van der Waals surface area (Å²) >= 11 is 0. The summed E-state index contributed by atoms with van der Waals surface area (Å²) in [5.41, 5.74) is 3.80. The number of pyridine rings is 1. The van der Waals surface area contributed by atoms with Crippen molar-refractivity contribution in [1.29, 1.82) is 0 Å². The lowest BCUT2D eigenvalue weighted by Gasteiger charge is -2.12. The fourth-order valence-electron chi connectivity index (χ4n) is 2.81. The number of rotatable bonds is 5. The van der Waals surface area contributed by atoms with E-state index in [1.807, 2.05) is 55.5 Å². The third-order valence-electron chi connectivity index (χ3n) is 4.09. The second-order valence-electron chi connectivity index (χ2n) is 5.77. The maximum atomic E-state index is 12.2. The molecule has 0 unspecified atom stereocenters. The van der Waals surface area contributed by atoms with Crippen LogP contribution in [0, 0.1) is 6.92 Å². The smallest absolute Gasteiger partial charge is 0.319 e. The minimum atomic E-state index is -0.232. The SMILES string of the molecule is COc1ccccc1CCNC(=O)Nc1ccc(C)c2ncccc12. The van der Waals surface area contributed by atoms with Gasteiger partial charge in [-0.25, -0.2) is 4.79 Å². The van der Waals surface area contributed by atoms with Crippen molar-refractivity contribution < 1.29 is 9.53 Å². The van der Waals surface area contributed by atoms with Crippen molar-refractivity contribution in [3.63, 3.8) is 0 Å². The van der Waals surface area contributed by atoms with Crippen LogP contribution in [0.25, 0.3) is 10.9 Å². The highest BCUT2D eigenvalue weighted by atomic mass is 16.5. The van der Waals surface area contributed by atoms with Gasteiger partial charge < -0.3 is 15.4 Å². The van der Waals surface area contributed by atoms with Crippen LogP contribution in [0.1, 0.15) is 11.1 Å². The molecule has 0 aliphatic heterocycles. The molecule has 0 atom stereocenters. The van der Waals surface area contributed by atoms with E-state index >= 15 is 0 Å². The number of hydrogen-bond acceptors (Lipinski definition) is 3. The quantitative estimate of drug-likeness (QED) is 0.743. The Labute approximate surface area is 147 Å². The number of hydrogen-bond donors (Lipinski definition) is 2. The molecule has 2 amide bonds. The van der Waals surface area contributed by atoms with Gasteiger partial charge in [0.25, 0.3) is 0 Å². The van der Waals surface area contributed by atoms with Gasteiger partial charge in [0.05, 0.1) is 18.3 Å². The van der Waals surface area contributed by atoms with Gasteiger partial charge in [0.2, 0.25) is 0 Å². The number of amides is 2. The molecule has 0 saturated heterocycles. The molecule has 25 heavy (non-hydrogen) atoms. The summed E-state index contributed by atoms with van der Waals surface area (Å²) in [6, 6.07) is 15.3. The zero-order valence-electron chi connectivity index (χ0n) is 14.4. The molecule has 2 N–H and O–H groups in total. The van der Waals surface area contributed by atoms with Crippen LogP contribution in [0.5, 0.6) is 5.75 Å². The first-order chi connectivity index (χ1) is 12.2. The topological polar surface area (TPSA) is 63.2 Å². The van der Waals surface area contributed by atoms with Crippen molar-refractivity contribution in [2.24, 2.45) is 0 Å². The Bertz CT molecular complexity index is 893. The predicted octanol–water partition coefficient (Wildman–Crippen LogP) is 3.92. The normalized spacial score (nSPS) is 10.5. The molecule has 3 rings (SSSR count). The van der Waals surface area contributed by atoms with Gasteiger partial charge in [-0.2, -0.15) is 0 Å². The summed E-state index contributed by atoms with van der Waals surface area (Å²) in [7, 11) is 1.65. The summed E-state index contributed by atoms with van der Waals surface area (Å²) in [5.74, 6) is 0.834. The zero-order valence-corrected chi connectivity index (χ0v) is 14.4. The molecule has 0 saturated carbocycles. The van der Waals surface area contributed by atoms with Gasteiger partial charge in [-0.3, -0.25) is 4.98 Å². The number of para-hydroxylation sites is 1. The molecule has 1 aromatic heterocycles. The number of urea groups is 1. The number of fused-ring (bicyclic) bond motifs is 1. The summed E-state index contributed by atoms with van der Waals surface area (Å²) < 4.78 is 5.32. The monoisotopic (exact) mass is 335 g/mol. The van der Waals surface area contributed by atoms with Crippen LogP contribution in [0.15, 0.2) is 54.7 Å². The maximum absolute atomic E-state index is 12.2. The summed E-state index contributed by atoms with van der Waals surface area (Å²) in [5, 5.41) is 6.72. The molecule has 5 heteroatoms. The number of nitrogens with zero attached hydrogens (tertiary/aromatic N) is 1. The van der Waals surface area contributed by atoms with Crippen molar-refractivity contribution in [2.45, 2.75) is 13.3 Å². The Balaban J connectivity index is 1.63. The molecule has 0 radical (unpaired) electrons. The van der Waals surface area contributed by atoms with E-state index in [9.17, 15) is 4.79 Å². The minimum absolute atomic E-state index is 0.232. The fourth-order valence-corrected chi connectivity index (χ4v) is 2.81. The Kier molecular flexibility index (Phi) is 5.14. The van der Waals surface area contributed by atoms with E-state index in [4.69, 9.17) is 4.74 Å². The molecule has 128 valence electrons. The van der Waals surface area contributed by atoms with Crippen LogP contribution in [-0.4, -0.2) is 24.7 Å². The van der Waals surface area contributed by atoms with Crippen LogP contribution in [-0.2, 0) is 6.42 Å². The largest absolute Gasteiger partial charge is 0.496 e. The van der Waals surface area contributed by atoms with Crippen LogP contribution >= 0.6 is 0 Å². The average Bonchev–Trinajstić information content (AvgIpc) is 2.65. The first-order valence-electron chi connectivity index (χ1n) is 8.20. The number of aromatic nitrogens is 1. The molecule has 2 aromatic carbocycles. The van der Waals surface area contributed by atoms with E-state index in [0.717, 1.165) is 33.5 Å². The van der Waals surface area contributed by atoms with E-state index in [1.165, 1.54) is 0 Å². The van der Waals surface area contributed by atoms with E-state index in [0.29, 0.717) is 13.0 Å². The molecule has 0 aliphatic rings. The van der Waals surface area contributed by atoms with Crippen molar-refractivity contribution >= 4 is 22.6 Å². The van der Waals surface area contributed by atoms with Crippen LogP contribution < -0.4 is 15.4 Å². The lowest BCUT2D eigenvalue weighted by atomic mass is 10.1. The number of nitrogens with one attached hydrogen (secondary N) is 2. The highest BCUT2D eigenvalue weighted by molar-refractivity contribution is 6.01. The second-order valence-corrected chi connectivity index (χ2v) is 5.77. The van der Waals surface area contributed by atoms with Gasteiger partial charge in [-0.15, -0.1) is 0 Å². The first-order valence-corrected chi connectivity index (χ1v) is 8.20. The van der Waals surface area contributed by atoms with Gasteiger partial charge in [-0.1, -0.05) is 24.3 Å². The second kappa shape index (κ2) is 7.66. The number of carbonyl (C=O) groups excluding carboxylic acids is 1. The standard InChI is InChI=1S/C20H21N3O2/c1-14-9-10-17(16-7-5-12-21-19(14)16)23-20(24)22-13-11-15-6-3-4-8-18(15)25-2/h3-10,12H,11,13H2,1-2H3,(H2,22,23,24). The van der Waals surface area contributed by atoms with Crippen molar-refractivity contribution in [2.75, 3.05) is 19.0 Å². The van der Waals surface area contributed by atoms with Gasteiger partial charge in [0, 0.05) is 18.1 Å². The van der Waals surface area contributed by atoms with E-state index in [1.54, 1.807) is 13.3 Å². The molecule has 0 bridgehead atoms. The predicted molar refractivity (Wildman–Crippen MR) is 100 cm³/mol. The molecule has 1 heterocycles. The lowest BCUT2D eigenvalue weighted by molar-refractivity contribution is 0.252. The third-order valence-corrected chi connectivity index (χ3v) is 4.09. The summed E-state index contributed by atoms with van der Waals surface area (Å²) in [6.07, 6.45) is 2.46. The van der Waals surface area contributed by atoms with Crippen LogP contribution in [0.4, 0.5) is 10.5 Å².